The molecule has 0 saturated carbocycles. The summed E-state index contributed by atoms with van der Waals surface area (Å²) in [6.45, 7) is 6.81. The van der Waals surface area contributed by atoms with Gasteiger partial charge in [-0.1, -0.05) is 0 Å². The summed E-state index contributed by atoms with van der Waals surface area (Å²) >= 11 is 0. The fraction of sp³-hybridized carbons (Fsp3) is 1.00. The van der Waals surface area contributed by atoms with Crippen LogP contribution < -0.4 is 5.73 Å². The van der Waals surface area contributed by atoms with Gasteiger partial charge in [0.25, 0.3) is 0 Å². The molecule has 2 unspecified atom stereocenters. The van der Waals surface area contributed by atoms with Crippen molar-refractivity contribution in [3.63, 3.8) is 0 Å². The van der Waals surface area contributed by atoms with Crippen molar-refractivity contribution in [2.45, 2.75) is 44.9 Å². The van der Waals surface area contributed by atoms with Crippen LogP contribution in [0.2, 0.25) is 0 Å². The number of aliphatic hydroxyl groups is 1. The van der Waals surface area contributed by atoms with Gasteiger partial charge in [0.05, 0.1) is 18.8 Å². The zero-order valence-electron chi connectivity index (χ0n) is 9.85. The average Bonchev–Trinajstić information content (AvgIpc) is 2.62. The molecule has 1 fully saturated rings. The third-order valence-corrected chi connectivity index (χ3v) is 2.84. The Morgan fingerprint density at radius 1 is 1.53 bits per heavy atom. The quantitative estimate of drug-likeness (QED) is 0.666. The third kappa shape index (κ3) is 4.47. The lowest BCUT2D eigenvalue weighted by molar-refractivity contribution is -0.00961. The lowest BCUT2D eigenvalue weighted by Crippen LogP contribution is -2.41. The summed E-state index contributed by atoms with van der Waals surface area (Å²) in [5.41, 5.74) is 5.67. The monoisotopic (exact) mass is 216 g/mol. The fourth-order valence-corrected chi connectivity index (χ4v) is 2.03. The van der Waals surface area contributed by atoms with E-state index < -0.39 is 0 Å². The van der Waals surface area contributed by atoms with Crippen molar-refractivity contribution in [3.8, 4) is 0 Å². The highest BCUT2D eigenvalue weighted by molar-refractivity contribution is 4.81. The third-order valence-electron chi connectivity index (χ3n) is 2.84. The topological polar surface area (TPSA) is 58.7 Å². The van der Waals surface area contributed by atoms with Crippen molar-refractivity contribution in [1.29, 1.82) is 0 Å². The summed E-state index contributed by atoms with van der Waals surface area (Å²) in [5.74, 6) is 0. The molecule has 2 atom stereocenters. The van der Waals surface area contributed by atoms with Gasteiger partial charge in [-0.15, -0.1) is 0 Å². The number of hydrogen-bond acceptors (Lipinski definition) is 4. The van der Waals surface area contributed by atoms with Crippen LogP contribution in [0.25, 0.3) is 0 Å². The normalized spacial score (nSPS) is 25.0. The molecule has 0 aromatic rings. The number of ether oxygens (including phenoxy) is 1. The highest BCUT2D eigenvalue weighted by Gasteiger charge is 2.24. The van der Waals surface area contributed by atoms with Crippen LogP contribution in [0.1, 0.15) is 26.7 Å². The Labute approximate surface area is 92.4 Å². The van der Waals surface area contributed by atoms with Crippen LogP contribution in [0.15, 0.2) is 0 Å². The Hall–Kier alpha value is -0.160. The van der Waals surface area contributed by atoms with Crippen LogP contribution in [0.5, 0.6) is 0 Å². The lowest BCUT2D eigenvalue weighted by atomic mass is 10.2. The minimum atomic E-state index is -0.389. The Kier molecular flexibility index (Phi) is 5.53. The maximum absolute atomic E-state index is 9.76. The van der Waals surface area contributed by atoms with Crippen molar-refractivity contribution in [2.24, 2.45) is 5.73 Å². The molecule has 0 amide bonds. The van der Waals surface area contributed by atoms with Crippen molar-refractivity contribution < 1.29 is 9.84 Å². The van der Waals surface area contributed by atoms with Gasteiger partial charge in [0, 0.05) is 19.1 Å². The van der Waals surface area contributed by atoms with Crippen molar-refractivity contribution in [2.75, 3.05) is 26.2 Å². The van der Waals surface area contributed by atoms with E-state index in [4.69, 9.17) is 10.5 Å². The van der Waals surface area contributed by atoms with E-state index in [1.807, 2.05) is 13.8 Å². The smallest absolute Gasteiger partial charge is 0.0900 e. The molecule has 4 heteroatoms. The predicted octanol–water partition coefficient (Wildman–Crippen LogP) is 0.195. The average molecular weight is 216 g/mol. The number of β-amino-alcohol motifs (C(OH)–C–C–N with tert-alkyl or cyclic N) is 1. The number of nitrogens with two attached hydrogens (primary N) is 1. The molecule has 0 aromatic heterocycles. The number of nitrogens with zero attached hydrogens (tertiary/aromatic N) is 1. The van der Waals surface area contributed by atoms with E-state index >= 15 is 0 Å². The van der Waals surface area contributed by atoms with Gasteiger partial charge in [-0.3, -0.25) is 4.90 Å². The van der Waals surface area contributed by atoms with Gasteiger partial charge in [0.15, 0.2) is 0 Å². The molecule has 0 bridgehead atoms. The Morgan fingerprint density at radius 3 is 2.87 bits per heavy atom. The highest BCUT2D eigenvalue weighted by atomic mass is 16.5. The van der Waals surface area contributed by atoms with Gasteiger partial charge < -0.3 is 15.6 Å². The maximum atomic E-state index is 9.76. The highest BCUT2D eigenvalue weighted by Crippen LogP contribution is 2.16. The first-order valence-corrected chi connectivity index (χ1v) is 5.87. The first-order valence-electron chi connectivity index (χ1n) is 5.87. The Balaban J connectivity index is 2.21. The minimum absolute atomic E-state index is 0.184. The lowest BCUT2D eigenvalue weighted by Gasteiger charge is -2.26. The maximum Gasteiger partial charge on any atom is 0.0900 e. The zero-order chi connectivity index (χ0) is 11.3. The summed E-state index contributed by atoms with van der Waals surface area (Å²) in [7, 11) is 0. The van der Waals surface area contributed by atoms with Gasteiger partial charge in [-0.2, -0.15) is 0 Å². The fourth-order valence-electron chi connectivity index (χ4n) is 2.03. The first kappa shape index (κ1) is 12.9. The number of hydrogen-bond donors (Lipinski definition) is 2. The molecule has 0 radical (unpaired) electrons. The second-order valence-electron chi connectivity index (χ2n) is 4.56. The molecule has 1 saturated heterocycles. The molecule has 15 heavy (non-hydrogen) atoms. The van der Waals surface area contributed by atoms with Crippen molar-refractivity contribution >= 4 is 0 Å². The van der Waals surface area contributed by atoms with E-state index in [0.717, 1.165) is 13.0 Å². The molecule has 3 N–H and O–H groups in total. The van der Waals surface area contributed by atoms with Gasteiger partial charge in [0.1, 0.15) is 0 Å². The van der Waals surface area contributed by atoms with Crippen LogP contribution >= 0.6 is 0 Å². The summed E-state index contributed by atoms with van der Waals surface area (Å²) in [5, 5.41) is 9.76. The van der Waals surface area contributed by atoms with Crippen LogP contribution in [0.4, 0.5) is 0 Å². The van der Waals surface area contributed by atoms with E-state index in [9.17, 15) is 5.11 Å². The summed E-state index contributed by atoms with van der Waals surface area (Å²) in [4.78, 5) is 2.27. The minimum Gasteiger partial charge on any atom is -0.389 e. The van der Waals surface area contributed by atoms with Crippen molar-refractivity contribution in [3.05, 3.63) is 0 Å². The SMILES string of the molecule is CC(C)OCC(O)CN1CCCC1CN. The molecule has 90 valence electrons. The van der Waals surface area contributed by atoms with Gasteiger partial charge in [-0.05, 0) is 33.2 Å². The summed E-state index contributed by atoms with van der Waals surface area (Å²) < 4.78 is 5.37. The molecule has 1 aliphatic rings. The molecular formula is C11H24N2O2. The van der Waals surface area contributed by atoms with Crippen LogP contribution in [-0.2, 0) is 4.74 Å². The van der Waals surface area contributed by atoms with E-state index in [0.29, 0.717) is 25.7 Å². The van der Waals surface area contributed by atoms with Crippen LogP contribution in [0, 0.1) is 0 Å². The molecule has 1 heterocycles. The van der Waals surface area contributed by atoms with Crippen molar-refractivity contribution in [1.82, 2.24) is 4.90 Å². The molecule has 1 aliphatic heterocycles. The molecule has 0 spiro atoms. The predicted molar refractivity (Wildman–Crippen MR) is 60.7 cm³/mol. The Bertz CT molecular complexity index is 176. The summed E-state index contributed by atoms with van der Waals surface area (Å²) in [6.07, 6.45) is 2.15. The van der Waals surface area contributed by atoms with Gasteiger partial charge in [-0.25, -0.2) is 0 Å². The van der Waals surface area contributed by atoms with Gasteiger partial charge >= 0.3 is 0 Å². The van der Waals surface area contributed by atoms with E-state index in [-0.39, 0.29) is 12.2 Å². The standard InChI is InChI=1S/C11H24N2O2/c1-9(2)15-8-11(14)7-13-5-3-4-10(13)6-12/h9-11,14H,3-8,12H2,1-2H3. The number of aliphatic hydroxyl groups excluding tert-OH is 1. The first-order chi connectivity index (χ1) is 7.13. The second-order valence-corrected chi connectivity index (χ2v) is 4.56. The zero-order valence-corrected chi connectivity index (χ0v) is 9.85. The summed E-state index contributed by atoms with van der Waals surface area (Å²) in [6, 6.07) is 0.457. The molecule has 0 aliphatic carbocycles. The largest absolute Gasteiger partial charge is 0.389 e. The number of rotatable bonds is 6. The molecular weight excluding hydrogens is 192 g/mol. The van der Waals surface area contributed by atoms with Gasteiger partial charge in [0.2, 0.25) is 0 Å². The van der Waals surface area contributed by atoms with E-state index in [1.54, 1.807) is 0 Å². The van der Waals surface area contributed by atoms with Crippen LogP contribution in [0.3, 0.4) is 0 Å². The second kappa shape index (κ2) is 6.43. The molecule has 0 aromatic carbocycles. The van der Waals surface area contributed by atoms with E-state index in [1.165, 1.54) is 6.42 Å². The number of likely N-dealkylation sites (tertiary alicyclic amines) is 1. The molecule has 1 rings (SSSR count). The van der Waals surface area contributed by atoms with E-state index in [2.05, 4.69) is 4.90 Å². The molecule has 4 nitrogen and oxygen atoms in total. The Morgan fingerprint density at radius 2 is 2.27 bits per heavy atom. The van der Waals surface area contributed by atoms with Crippen LogP contribution in [-0.4, -0.2) is 54.5 Å².